The van der Waals surface area contributed by atoms with Crippen molar-refractivity contribution in [3.8, 4) is 0 Å². The Morgan fingerprint density at radius 3 is 0.804 bits per heavy atom. The van der Waals surface area contributed by atoms with E-state index in [4.69, 9.17) is 37.0 Å². The molecule has 590 valence electrons. The maximum absolute atomic E-state index is 13.1. The van der Waals surface area contributed by atoms with Crippen LogP contribution in [-0.4, -0.2) is 96.7 Å². The lowest BCUT2D eigenvalue weighted by molar-refractivity contribution is -0.161. The van der Waals surface area contributed by atoms with E-state index in [-0.39, 0.29) is 25.7 Å². The molecule has 0 radical (unpaired) electrons. The van der Waals surface area contributed by atoms with Crippen LogP contribution in [0.1, 0.15) is 349 Å². The predicted molar refractivity (Wildman–Crippen MR) is 418 cm³/mol. The van der Waals surface area contributed by atoms with E-state index < -0.39 is 97.5 Å². The average Bonchev–Trinajstić information content (AvgIpc) is 0.923. The normalized spacial score (nSPS) is 14.4. The van der Waals surface area contributed by atoms with Gasteiger partial charge in [0, 0.05) is 25.7 Å². The van der Waals surface area contributed by atoms with Crippen molar-refractivity contribution in [2.24, 2.45) is 0 Å². The molecule has 0 aromatic heterocycles. The Hall–Kier alpha value is -4.02. The van der Waals surface area contributed by atoms with Crippen molar-refractivity contribution >= 4 is 39.5 Å². The highest BCUT2D eigenvalue weighted by molar-refractivity contribution is 7.47. The molecule has 0 spiro atoms. The molecule has 3 N–H and O–H groups in total. The molecule has 19 heteroatoms. The Labute approximate surface area is 620 Å². The number of phosphoric acid groups is 2. The molecule has 0 saturated heterocycles. The minimum absolute atomic E-state index is 0.0893. The van der Waals surface area contributed by atoms with E-state index in [1.165, 1.54) is 128 Å². The lowest BCUT2D eigenvalue weighted by atomic mass is 10.0. The van der Waals surface area contributed by atoms with E-state index >= 15 is 0 Å². The van der Waals surface area contributed by atoms with E-state index in [1.807, 2.05) is 0 Å². The average molecular weight is 1480 g/mol. The van der Waals surface area contributed by atoms with Crippen molar-refractivity contribution in [2.45, 2.75) is 367 Å². The van der Waals surface area contributed by atoms with Gasteiger partial charge in [0.1, 0.15) is 19.3 Å². The van der Waals surface area contributed by atoms with Gasteiger partial charge in [-0.2, -0.15) is 0 Å². The van der Waals surface area contributed by atoms with Crippen LogP contribution in [-0.2, 0) is 65.4 Å². The molecule has 0 rings (SSSR count). The highest BCUT2D eigenvalue weighted by Gasteiger charge is 2.30. The van der Waals surface area contributed by atoms with Crippen LogP contribution in [0.3, 0.4) is 0 Å². The smallest absolute Gasteiger partial charge is 0.462 e. The van der Waals surface area contributed by atoms with Crippen LogP contribution >= 0.6 is 15.6 Å². The van der Waals surface area contributed by atoms with Crippen molar-refractivity contribution in [1.29, 1.82) is 0 Å². The molecule has 5 unspecified atom stereocenters. The zero-order valence-electron chi connectivity index (χ0n) is 64.5. The molecule has 102 heavy (non-hydrogen) atoms. The van der Waals surface area contributed by atoms with Crippen LogP contribution in [0.5, 0.6) is 0 Å². The standard InChI is InChI=1S/C83H146O17P2/c1-5-9-13-17-21-25-29-33-37-38-42-44-48-52-56-60-64-68-81(86)94-74-79(100-83(88)70-66-62-58-54-50-46-41-36-32-28-24-20-16-12-8-4)76-98-102(91,92)96-72-77(84)71-95-101(89,90)97-75-78(99-82(87)69-65-61-57-53-49-45-40-35-31-27-23-19-15-11-7-3)73-93-80(85)67-63-59-55-51-47-43-39-34-30-26-22-18-14-10-6-2/h9-10,13-14,21-22,25-26,33-34,37,39,42,44,47,51,77-79,84H,5-8,11-12,15-20,23-24,27-32,35-36,38,40-41,43,45-46,48-50,52-76H2,1-4H3,(H,89,90)(H,91,92)/b13-9-,14-10-,25-21-,26-22-,37-33-,39-34-,44-42-,51-47-. The van der Waals surface area contributed by atoms with E-state index in [0.717, 1.165) is 141 Å². The van der Waals surface area contributed by atoms with Crippen LogP contribution in [0.25, 0.3) is 0 Å². The second-order valence-electron chi connectivity index (χ2n) is 27.0. The van der Waals surface area contributed by atoms with Crippen molar-refractivity contribution in [3.05, 3.63) is 97.2 Å². The topological polar surface area (TPSA) is 237 Å². The fraction of sp³-hybridized carbons (Fsp3) is 0.759. The maximum atomic E-state index is 13.1. The largest absolute Gasteiger partial charge is 0.472 e. The summed E-state index contributed by atoms with van der Waals surface area (Å²) in [6.07, 6.45) is 79.5. The number of allylic oxidation sites excluding steroid dienone is 16. The highest BCUT2D eigenvalue weighted by Crippen LogP contribution is 2.45. The first-order chi connectivity index (χ1) is 49.7. The molecule has 0 aromatic rings. The monoisotopic (exact) mass is 1480 g/mol. The number of aliphatic hydroxyl groups excluding tert-OH is 1. The van der Waals surface area contributed by atoms with Crippen LogP contribution in [0, 0.1) is 0 Å². The number of hydrogen-bond donors (Lipinski definition) is 3. The van der Waals surface area contributed by atoms with Crippen LogP contribution in [0.2, 0.25) is 0 Å². The number of hydrogen-bond acceptors (Lipinski definition) is 15. The van der Waals surface area contributed by atoms with Crippen LogP contribution < -0.4 is 0 Å². The Morgan fingerprint density at radius 2 is 0.510 bits per heavy atom. The Morgan fingerprint density at radius 1 is 0.284 bits per heavy atom. The van der Waals surface area contributed by atoms with Gasteiger partial charge in [-0.15, -0.1) is 0 Å². The lowest BCUT2D eigenvalue weighted by Gasteiger charge is -2.21. The van der Waals surface area contributed by atoms with Crippen LogP contribution in [0.4, 0.5) is 0 Å². The van der Waals surface area contributed by atoms with E-state index in [9.17, 15) is 43.2 Å². The first-order valence-corrected chi connectivity index (χ1v) is 43.5. The number of carbonyl (C=O) groups is 4. The first-order valence-electron chi connectivity index (χ1n) is 40.5. The van der Waals surface area contributed by atoms with Crippen molar-refractivity contribution in [1.82, 2.24) is 0 Å². The molecule has 17 nitrogen and oxygen atoms in total. The fourth-order valence-corrected chi connectivity index (χ4v) is 12.5. The van der Waals surface area contributed by atoms with E-state index in [2.05, 4.69) is 125 Å². The maximum Gasteiger partial charge on any atom is 0.472 e. The molecule has 5 atom stereocenters. The third-order valence-corrected chi connectivity index (χ3v) is 19.0. The highest BCUT2D eigenvalue weighted by atomic mass is 31.2. The molecule has 0 saturated carbocycles. The molecule has 0 fully saturated rings. The van der Waals surface area contributed by atoms with E-state index in [0.29, 0.717) is 25.7 Å². The molecule has 0 aliphatic heterocycles. The Bertz CT molecular complexity index is 2310. The summed E-state index contributed by atoms with van der Waals surface area (Å²) in [6.45, 7) is 4.64. The van der Waals surface area contributed by atoms with Crippen molar-refractivity contribution in [2.75, 3.05) is 39.6 Å². The molecular weight excluding hydrogens is 1330 g/mol. The number of rotatable bonds is 76. The van der Waals surface area contributed by atoms with Gasteiger partial charge in [-0.3, -0.25) is 37.3 Å². The van der Waals surface area contributed by atoms with Gasteiger partial charge in [-0.05, 0) is 103 Å². The van der Waals surface area contributed by atoms with Gasteiger partial charge in [0.25, 0.3) is 0 Å². The summed E-state index contributed by atoms with van der Waals surface area (Å²) in [4.78, 5) is 73.0. The molecular formula is C83H146O17P2. The van der Waals surface area contributed by atoms with Gasteiger partial charge in [0.05, 0.1) is 26.4 Å². The SMILES string of the molecule is CC/C=C\C/C=C\C/C=C\C/C=C\CCCCCCC(=O)OCC(COP(=O)(O)OCC(O)COP(=O)(O)OCC(COC(=O)CCCC/C=C\C/C=C\C/C=C\C/C=C\CC)OC(=O)CCCCCCCCCCCCCCCCC)OC(=O)CCCCCCCCCCCCCCCCC. The quantitative estimate of drug-likeness (QED) is 0.0169. The van der Waals surface area contributed by atoms with Gasteiger partial charge in [-0.1, -0.05) is 318 Å². The summed E-state index contributed by atoms with van der Waals surface area (Å²) < 4.78 is 68.6. The molecule has 0 heterocycles. The number of aliphatic hydroxyl groups is 1. The minimum Gasteiger partial charge on any atom is -0.462 e. The van der Waals surface area contributed by atoms with Gasteiger partial charge >= 0.3 is 39.5 Å². The second-order valence-corrected chi connectivity index (χ2v) is 29.9. The Balaban J connectivity index is 5.39. The lowest BCUT2D eigenvalue weighted by Crippen LogP contribution is -2.30. The number of carbonyl (C=O) groups excluding carboxylic acids is 4. The van der Waals surface area contributed by atoms with E-state index in [1.54, 1.807) is 0 Å². The molecule has 0 aliphatic rings. The fourth-order valence-electron chi connectivity index (χ4n) is 11.0. The number of phosphoric ester groups is 2. The minimum atomic E-state index is -4.98. The summed E-state index contributed by atoms with van der Waals surface area (Å²) in [7, 11) is -9.97. The van der Waals surface area contributed by atoms with Gasteiger partial charge in [0.2, 0.25) is 0 Å². The number of ether oxygens (including phenoxy) is 4. The third-order valence-electron chi connectivity index (χ3n) is 17.1. The first kappa shape index (κ1) is 98.0. The van der Waals surface area contributed by atoms with Crippen molar-refractivity contribution < 1.29 is 80.2 Å². The predicted octanol–water partition coefficient (Wildman–Crippen LogP) is 23.6. The van der Waals surface area contributed by atoms with Crippen LogP contribution in [0.15, 0.2) is 97.2 Å². The zero-order chi connectivity index (χ0) is 74.6. The molecule has 0 bridgehead atoms. The molecule has 0 amide bonds. The second kappa shape index (κ2) is 75.2. The van der Waals surface area contributed by atoms with Gasteiger partial charge < -0.3 is 33.8 Å². The van der Waals surface area contributed by atoms with Gasteiger partial charge in [-0.25, -0.2) is 9.13 Å². The summed E-state index contributed by atoms with van der Waals surface area (Å²) in [5.74, 6) is -2.22. The Kier molecular flexibility index (Phi) is 72.3. The number of unbranched alkanes of at least 4 members (excludes halogenated alkanes) is 34. The van der Waals surface area contributed by atoms with Gasteiger partial charge in [0.15, 0.2) is 12.2 Å². The molecule has 0 aliphatic carbocycles. The summed E-state index contributed by atoms with van der Waals surface area (Å²) in [5, 5.41) is 10.6. The molecule has 0 aromatic carbocycles. The summed E-state index contributed by atoms with van der Waals surface area (Å²) in [5.41, 5.74) is 0. The third kappa shape index (κ3) is 74.3. The summed E-state index contributed by atoms with van der Waals surface area (Å²) >= 11 is 0. The zero-order valence-corrected chi connectivity index (χ0v) is 66.3. The number of esters is 4. The van der Waals surface area contributed by atoms with Crippen molar-refractivity contribution in [3.63, 3.8) is 0 Å². The summed E-state index contributed by atoms with van der Waals surface area (Å²) in [6, 6.07) is 0.